The molecule has 25 heavy (non-hydrogen) atoms. The van der Waals surface area contributed by atoms with Crippen molar-refractivity contribution in [2.45, 2.75) is 57.0 Å². The normalized spacial score (nSPS) is 12.1. The van der Waals surface area contributed by atoms with E-state index >= 15 is 0 Å². The summed E-state index contributed by atoms with van der Waals surface area (Å²) < 4.78 is 37.6. The maximum atomic E-state index is 12.3. The van der Waals surface area contributed by atoms with Crippen LogP contribution < -0.4 is 51.4 Å². The smallest absolute Gasteiger partial charge is 1.00 e. The summed E-state index contributed by atoms with van der Waals surface area (Å²) in [6, 6.07) is 2.88. The minimum absolute atomic E-state index is 0. The van der Waals surface area contributed by atoms with Gasteiger partial charge < -0.3 is 11.3 Å². The van der Waals surface area contributed by atoms with Crippen molar-refractivity contribution in [1.82, 2.24) is 0 Å². The quantitative estimate of drug-likeness (QED) is 0.348. The molecule has 0 aliphatic carbocycles. The van der Waals surface area contributed by atoms with Crippen LogP contribution in [0.4, 0.5) is 0 Å². The van der Waals surface area contributed by atoms with Crippen molar-refractivity contribution >= 4 is 22.1 Å². The molecular weight excluding hydrogens is 375 g/mol. The van der Waals surface area contributed by atoms with Crippen LogP contribution in [0.3, 0.4) is 0 Å². The van der Waals surface area contributed by atoms with Gasteiger partial charge in [-0.25, -0.2) is 9.59 Å². The first-order valence-electron chi connectivity index (χ1n) is 7.76. The number of carbonyl (C=O) groups excluding carboxylic acids is 1. The molecule has 0 bridgehead atoms. The fraction of sp³-hybridized carbons (Fsp3) is 0.500. The van der Waals surface area contributed by atoms with Crippen LogP contribution in [-0.4, -0.2) is 36.1 Å². The van der Waals surface area contributed by atoms with Crippen LogP contribution in [-0.2, 0) is 14.9 Å². The monoisotopic (exact) mass is 398 g/mol. The van der Waals surface area contributed by atoms with Crippen molar-refractivity contribution in [3.05, 3.63) is 29.3 Å². The SMILES string of the molecule is CCCCC(CCC)OC(=O)c1ccc(C(=O)O)cc1S(=O)(=O)O.[H-].[K+]. The molecule has 1 unspecified atom stereocenters. The summed E-state index contributed by atoms with van der Waals surface area (Å²) in [5.41, 5.74) is -0.727. The molecule has 0 radical (unpaired) electrons. The van der Waals surface area contributed by atoms with Gasteiger partial charge in [-0.15, -0.1) is 0 Å². The number of unbranched alkanes of at least 4 members (excludes halogenated alkanes) is 1. The van der Waals surface area contributed by atoms with E-state index in [0.717, 1.165) is 37.5 Å². The Morgan fingerprint density at radius 1 is 1.20 bits per heavy atom. The van der Waals surface area contributed by atoms with Gasteiger partial charge in [0.15, 0.2) is 0 Å². The molecule has 2 N–H and O–H groups in total. The van der Waals surface area contributed by atoms with E-state index in [4.69, 9.17) is 9.84 Å². The molecule has 0 spiro atoms. The standard InChI is InChI=1S/C16H22O7S.K.H/c1-3-5-7-12(6-4-2)23-16(19)13-9-8-11(15(17)18)10-14(13)24(20,21)22;;/h8-10,12H,3-7H2,1-2H3,(H,17,18)(H,20,21,22);;/q;+1;-1. The number of carbonyl (C=O) groups is 2. The zero-order valence-corrected chi connectivity index (χ0v) is 18.6. The average Bonchev–Trinajstić information content (AvgIpc) is 2.51. The number of rotatable bonds is 9. The van der Waals surface area contributed by atoms with Crippen LogP contribution >= 0.6 is 0 Å². The molecule has 0 heterocycles. The third-order valence-corrected chi connectivity index (χ3v) is 4.38. The predicted octanol–water partition coefficient (Wildman–Crippen LogP) is 0.264. The van der Waals surface area contributed by atoms with E-state index in [1.807, 2.05) is 13.8 Å². The number of ether oxygens (including phenoxy) is 1. The Hall–Kier alpha value is -0.294. The zero-order valence-electron chi connectivity index (χ0n) is 15.7. The van der Waals surface area contributed by atoms with Gasteiger partial charge in [-0.2, -0.15) is 8.42 Å². The molecule has 136 valence electrons. The molecule has 7 nitrogen and oxygen atoms in total. The van der Waals surface area contributed by atoms with E-state index in [9.17, 15) is 22.6 Å². The van der Waals surface area contributed by atoms with E-state index in [2.05, 4.69) is 0 Å². The van der Waals surface area contributed by atoms with E-state index in [-0.39, 0.29) is 70.0 Å². The fourth-order valence-corrected chi connectivity index (χ4v) is 2.97. The van der Waals surface area contributed by atoms with E-state index < -0.39 is 27.0 Å². The average molecular weight is 399 g/mol. The first-order valence-corrected chi connectivity index (χ1v) is 9.20. The van der Waals surface area contributed by atoms with E-state index in [0.29, 0.717) is 12.8 Å². The number of esters is 1. The molecule has 1 aromatic carbocycles. The molecular formula is C16H23KO7S. The van der Waals surface area contributed by atoms with Crippen molar-refractivity contribution in [2.75, 3.05) is 0 Å². The van der Waals surface area contributed by atoms with Gasteiger partial charge in [0, 0.05) is 0 Å². The molecule has 0 fully saturated rings. The second-order valence-corrected chi connectivity index (χ2v) is 6.84. The summed E-state index contributed by atoms with van der Waals surface area (Å²) in [6.45, 7) is 3.95. The number of carboxylic acid groups (broad SMARTS) is 1. The number of hydrogen-bond donors (Lipinski definition) is 2. The maximum Gasteiger partial charge on any atom is 1.00 e. The van der Waals surface area contributed by atoms with Crippen molar-refractivity contribution in [1.29, 1.82) is 0 Å². The summed E-state index contributed by atoms with van der Waals surface area (Å²) >= 11 is 0. The number of aromatic carboxylic acids is 1. The van der Waals surface area contributed by atoms with Crippen LogP contribution in [0, 0.1) is 0 Å². The third kappa shape index (κ3) is 7.86. The van der Waals surface area contributed by atoms with Gasteiger partial charge in [-0.1, -0.05) is 33.1 Å². The van der Waals surface area contributed by atoms with Crippen molar-refractivity contribution < 1.29 is 85.2 Å². The number of benzene rings is 1. The van der Waals surface area contributed by atoms with Crippen LogP contribution in [0.1, 0.15) is 68.1 Å². The molecule has 1 rings (SSSR count). The molecule has 0 saturated carbocycles. The maximum absolute atomic E-state index is 12.3. The Morgan fingerprint density at radius 2 is 1.84 bits per heavy atom. The number of hydrogen-bond acceptors (Lipinski definition) is 5. The van der Waals surface area contributed by atoms with Gasteiger partial charge in [0.2, 0.25) is 0 Å². The first kappa shape index (κ1) is 24.7. The molecule has 0 amide bonds. The Bertz CT molecular complexity index is 707. The van der Waals surface area contributed by atoms with Gasteiger partial charge in [-0.3, -0.25) is 4.55 Å². The second-order valence-electron chi connectivity index (χ2n) is 5.45. The van der Waals surface area contributed by atoms with Crippen LogP contribution in [0.25, 0.3) is 0 Å². The van der Waals surface area contributed by atoms with Gasteiger partial charge in [0.05, 0.1) is 11.1 Å². The first-order chi connectivity index (χ1) is 11.2. The largest absolute Gasteiger partial charge is 1.00 e. The number of carboxylic acids is 1. The summed E-state index contributed by atoms with van der Waals surface area (Å²) in [4.78, 5) is 22.5. The Morgan fingerprint density at radius 3 is 2.32 bits per heavy atom. The molecule has 0 aliphatic heterocycles. The molecule has 0 saturated heterocycles. The van der Waals surface area contributed by atoms with E-state index in [1.54, 1.807) is 0 Å². The van der Waals surface area contributed by atoms with Gasteiger partial charge in [0.1, 0.15) is 11.0 Å². The van der Waals surface area contributed by atoms with Crippen molar-refractivity contribution in [3.8, 4) is 0 Å². The Kier molecular flexibility index (Phi) is 11.3. The topological polar surface area (TPSA) is 118 Å². The van der Waals surface area contributed by atoms with Crippen LogP contribution in [0.15, 0.2) is 23.1 Å². The Labute approximate surface area is 191 Å². The predicted molar refractivity (Wildman–Crippen MR) is 88.0 cm³/mol. The minimum Gasteiger partial charge on any atom is -1.00 e. The summed E-state index contributed by atoms with van der Waals surface area (Å²) in [5.74, 6) is -2.26. The third-order valence-electron chi connectivity index (χ3n) is 3.49. The molecule has 9 heteroatoms. The fourth-order valence-electron chi connectivity index (χ4n) is 2.27. The summed E-state index contributed by atoms with van der Waals surface area (Å²) in [7, 11) is -4.76. The molecule has 0 aliphatic rings. The van der Waals surface area contributed by atoms with Crippen LogP contribution in [0.5, 0.6) is 0 Å². The minimum atomic E-state index is -4.76. The zero-order chi connectivity index (χ0) is 18.3. The van der Waals surface area contributed by atoms with Gasteiger partial charge in [0.25, 0.3) is 10.1 Å². The molecule has 0 aromatic heterocycles. The second kappa shape index (κ2) is 11.4. The Balaban J connectivity index is 0. The van der Waals surface area contributed by atoms with Gasteiger partial charge in [-0.05, 0) is 31.0 Å². The van der Waals surface area contributed by atoms with E-state index in [1.165, 1.54) is 0 Å². The molecule has 1 atom stereocenters. The molecule has 1 aromatic rings. The van der Waals surface area contributed by atoms with Gasteiger partial charge >= 0.3 is 63.3 Å². The summed E-state index contributed by atoms with van der Waals surface area (Å²) in [6.07, 6.45) is 3.54. The van der Waals surface area contributed by atoms with Crippen molar-refractivity contribution in [3.63, 3.8) is 0 Å². The van der Waals surface area contributed by atoms with Crippen molar-refractivity contribution in [2.24, 2.45) is 0 Å². The summed E-state index contributed by atoms with van der Waals surface area (Å²) in [5, 5.41) is 8.92. The van der Waals surface area contributed by atoms with Crippen LogP contribution in [0.2, 0.25) is 0 Å².